The van der Waals surface area contributed by atoms with Crippen molar-refractivity contribution in [2.24, 2.45) is 5.84 Å². The number of halogens is 7. The number of hydrazine groups is 1. The highest BCUT2D eigenvalue weighted by Gasteiger charge is 2.63. The molecule has 2 atom stereocenters. The molecule has 0 spiro atoms. The number of rotatable bonds is 12. The third kappa shape index (κ3) is 7.70. The fraction of sp³-hybridized carbons (Fsp3) is 0.346. The summed E-state index contributed by atoms with van der Waals surface area (Å²) in [6, 6.07) is 8.08. The predicted molar refractivity (Wildman–Crippen MR) is 137 cm³/mol. The molecule has 0 unspecified atom stereocenters. The van der Waals surface area contributed by atoms with E-state index in [1.165, 1.54) is 25.1 Å². The monoisotopic (exact) mass is 637 g/mol. The molecule has 2 rings (SSSR count). The van der Waals surface area contributed by atoms with E-state index in [4.69, 9.17) is 15.3 Å². The lowest BCUT2D eigenvalue weighted by Gasteiger charge is -2.36. The topological polar surface area (TPSA) is 94.8 Å². The Morgan fingerprint density at radius 3 is 2.27 bits per heavy atom. The second kappa shape index (κ2) is 13.4. The van der Waals surface area contributed by atoms with Crippen molar-refractivity contribution in [1.82, 2.24) is 9.99 Å². The smallest absolute Gasteiger partial charge is 0.426 e. The number of nitrogens with zero attached hydrogens (tertiary/aromatic N) is 2. The van der Waals surface area contributed by atoms with E-state index in [0.29, 0.717) is 11.6 Å². The van der Waals surface area contributed by atoms with Crippen LogP contribution in [0.1, 0.15) is 47.8 Å². The Morgan fingerprint density at radius 2 is 1.75 bits per heavy atom. The van der Waals surface area contributed by atoms with Crippen molar-refractivity contribution in [3.63, 3.8) is 0 Å². The van der Waals surface area contributed by atoms with Crippen molar-refractivity contribution in [2.75, 3.05) is 0 Å². The molecule has 218 valence electrons. The van der Waals surface area contributed by atoms with Gasteiger partial charge in [-0.3, -0.25) is 9.59 Å². The van der Waals surface area contributed by atoms with Crippen LogP contribution in [0.4, 0.5) is 26.3 Å². The van der Waals surface area contributed by atoms with Gasteiger partial charge in [-0.1, -0.05) is 42.5 Å². The standard InChI is InChI=1S/C26H26BrF6N3O4/c1-4-6-13-24(26(31,32)33,39-15-17-11-8-7-9-12-17)23(38)36(34)22(37)20-19(27)14-18(25(28,29)30)21(35-20)40-16(3)10-5-2/h4-5,7-9,11-12,14,16H,1-2,6,10,13,15,34H2,3H3/t16-,24-/m1/s1. The highest BCUT2D eigenvalue weighted by Crippen LogP contribution is 2.41. The highest BCUT2D eigenvalue weighted by molar-refractivity contribution is 9.10. The lowest BCUT2D eigenvalue weighted by atomic mass is 9.94. The molecule has 0 saturated carbocycles. The zero-order valence-electron chi connectivity index (χ0n) is 21.2. The first-order valence-corrected chi connectivity index (χ1v) is 12.4. The molecule has 0 radical (unpaired) electrons. The number of amides is 2. The molecule has 40 heavy (non-hydrogen) atoms. The van der Waals surface area contributed by atoms with Crippen molar-refractivity contribution >= 4 is 27.7 Å². The Balaban J connectivity index is 2.56. The van der Waals surface area contributed by atoms with Crippen LogP contribution in [-0.4, -0.2) is 39.7 Å². The Morgan fingerprint density at radius 1 is 1.12 bits per heavy atom. The fourth-order valence-corrected chi connectivity index (χ4v) is 3.95. The molecule has 1 aromatic carbocycles. The third-order valence-corrected chi connectivity index (χ3v) is 6.13. The van der Waals surface area contributed by atoms with Gasteiger partial charge in [0, 0.05) is 10.9 Å². The maximum Gasteiger partial charge on any atom is 0.426 e. The van der Waals surface area contributed by atoms with Gasteiger partial charge in [-0.05, 0) is 47.3 Å². The molecule has 0 aliphatic heterocycles. The summed E-state index contributed by atoms with van der Waals surface area (Å²) >= 11 is 2.77. The Kier molecular flexibility index (Phi) is 11.1. The van der Waals surface area contributed by atoms with E-state index in [1.807, 2.05) is 0 Å². The van der Waals surface area contributed by atoms with Gasteiger partial charge in [-0.2, -0.15) is 26.3 Å². The van der Waals surface area contributed by atoms with E-state index in [1.54, 1.807) is 18.2 Å². The molecule has 0 saturated heterocycles. The van der Waals surface area contributed by atoms with Crippen molar-refractivity contribution in [3.8, 4) is 5.88 Å². The maximum absolute atomic E-state index is 14.5. The number of ether oxygens (including phenoxy) is 2. The molecule has 2 amide bonds. The van der Waals surface area contributed by atoms with Gasteiger partial charge in [-0.25, -0.2) is 15.8 Å². The average molecular weight is 638 g/mol. The summed E-state index contributed by atoms with van der Waals surface area (Å²) < 4.78 is 94.1. The fourth-order valence-electron chi connectivity index (χ4n) is 3.46. The number of pyridine rings is 1. The summed E-state index contributed by atoms with van der Waals surface area (Å²) in [6.45, 7) is 7.56. The number of imide groups is 1. The van der Waals surface area contributed by atoms with Crippen LogP contribution in [0.3, 0.4) is 0 Å². The second-order valence-corrected chi connectivity index (χ2v) is 9.38. The summed E-state index contributed by atoms with van der Waals surface area (Å²) in [7, 11) is 0. The summed E-state index contributed by atoms with van der Waals surface area (Å²) in [5, 5.41) is -0.376. The summed E-state index contributed by atoms with van der Waals surface area (Å²) in [5.74, 6) is 0.923. The number of nitrogens with two attached hydrogens (primary N) is 1. The Bertz CT molecular complexity index is 1220. The van der Waals surface area contributed by atoms with Crippen LogP contribution < -0.4 is 10.6 Å². The zero-order chi connectivity index (χ0) is 30.3. The number of benzene rings is 1. The van der Waals surface area contributed by atoms with Crippen molar-refractivity contribution in [3.05, 3.63) is 83.0 Å². The van der Waals surface area contributed by atoms with Gasteiger partial charge in [0.15, 0.2) is 0 Å². The molecule has 0 aliphatic carbocycles. The molecule has 2 N–H and O–H groups in total. The first-order chi connectivity index (χ1) is 18.6. The van der Waals surface area contributed by atoms with Crippen LogP contribution >= 0.6 is 15.9 Å². The highest BCUT2D eigenvalue weighted by atomic mass is 79.9. The van der Waals surface area contributed by atoms with E-state index in [0.717, 1.165) is 6.08 Å². The van der Waals surface area contributed by atoms with E-state index in [-0.39, 0.29) is 17.9 Å². The van der Waals surface area contributed by atoms with Gasteiger partial charge >= 0.3 is 12.4 Å². The molecule has 0 aliphatic rings. The van der Waals surface area contributed by atoms with Crippen LogP contribution in [0.25, 0.3) is 0 Å². The number of hydrogen-bond donors (Lipinski definition) is 1. The minimum absolute atomic E-state index is 0.107. The number of carbonyl (C=O) groups excluding carboxylic acids is 2. The minimum Gasteiger partial charge on any atom is -0.474 e. The normalized spacial score (nSPS) is 14.1. The number of hydrogen-bond acceptors (Lipinski definition) is 6. The molecular weight excluding hydrogens is 612 g/mol. The number of aromatic nitrogens is 1. The number of carbonyl (C=O) groups is 2. The van der Waals surface area contributed by atoms with Crippen molar-refractivity contribution < 1.29 is 45.4 Å². The minimum atomic E-state index is -5.36. The lowest BCUT2D eigenvalue weighted by molar-refractivity contribution is -0.276. The van der Waals surface area contributed by atoms with Crippen LogP contribution in [0.2, 0.25) is 0 Å². The van der Waals surface area contributed by atoms with Gasteiger partial charge in [0.1, 0.15) is 17.4 Å². The Hall–Kier alpha value is -3.23. The average Bonchev–Trinajstić information content (AvgIpc) is 2.88. The van der Waals surface area contributed by atoms with Crippen molar-refractivity contribution in [2.45, 2.75) is 56.9 Å². The van der Waals surface area contributed by atoms with Crippen LogP contribution in [0, 0.1) is 0 Å². The van der Waals surface area contributed by atoms with Gasteiger partial charge in [0.25, 0.3) is 11.8 Å². The molecule has 1 aromatic heterocycles. The van der Waals surface area contributed by atoms with Gasteiger partial charge in [-0.15, -0.1) is 13.2 Å². The van der Waals surface area contributed by atoms with Crippen LogP contribution in [0.5, 0.6) is 5.88 Å². The van der Waals surface area contributed by atoms with Gasteiger partial charge in [0.05, 0.1) is 6.61 Å². The number of allylic oxidation sites excluding steroid dienone is 1. The zero-order valence-corrected chi connectivity index (χ0v) is 22.8. The van der Waals surface area contributed by atoms with E-state index < -0.39 is 70.5 Å². The molecule has 7 nitrogen and oxygen atoms in total. The maximum atomic E-state index is 14.5. The first-order valence-electron chi connectivity index (χ1n) is 11.6. The molecular formula is C26H26BrF6N3O4. The molecule has 0 bridgehead atoms. The van der Waals surface area contributed by atoms with Crippen LogP contribution in [0.15, 0.2) is 66.2 Å². The molecule has 1 heterocycles. The van der Waals surface area contributed by atoms with Crippen molar-refractivity contribution in [1.29, 1.82) is 0 Å². The number of alkyl halides is 6. The summed E-state index contributed by atoms with van der Waals surface area (Å²) in [4.78, 5) is 30.0. The van der Waals surface area contributed by atoms with Gasteiger partial charge in [0.2, 0.25) is 11.5 Å². The summed E-state index contributed by atoms with van der Waals surface area (Å²) in [6.07, 6.45) is -9.95. The van der Waals surface area contributed by atoms with Gasteiger partial charge < -0.3 is 9.47 Å². The van der Waals surface area contributed by atoms with Crippen LogP contribution in [-0.2, 0) is 22.3 Å². The summed E-state index contributed by atoms with van der Waals surface area (Å²) in [5.41, 5.74) is -5.58. The molecule has 2 aromatic rings. The SMILES string of the molecule is C=CCC[C@@](OCc1ccccc1)(C(=O)N(N)C(=O)c1nc(O[C@H](C)CC=C)c(C(F)(F)F)cc1Br)C(F)(F)F. The predicted octanol–water partition coefficient (Wildman–Crippen LogP) is 6.53. The largest absolute Gasteiger partial charge is 0.474 e. The van der Waals surface area contributed by atoms with E-state index >= 15 is 0 Å². The Labute approximate surface area is 234 Å². The second-order valence-electron chi connectivity index (χ2n) is 8.53. The quantitative estimate of drug-likeness (QED) is 0.0934. The molecule has 14 heteroatoms. The van der Waals surface area contributed by atoms with E-state index in [2.05, 4.69) is 34.1 Å². The lowest BCUT2D eigenvalue weighted by Crippen LogP contribution is -2.62. The third-order valence-electron chi connectivity index (χ3n) is 5.53. The first kappa shape index (κ1) is 33.0. The van der Waals surface area contributed by atoms with E-state index in [9.17, 15) is 35.9 Å². The molecule has 0 fully saturated rings.